The summed E-state index contributed by atoms with van der Waals surface area (Å²) in [5, 5.41) is 17.6. The Kier molecular flexibility index (Phi) is 3.76. The van der Waals surface area contributed by atoms with Crippen LogP contribution in [0.1, 0.15) is 18.2 Å². The summed E-state index contributed by atoms with van der Waals surface area (Å²) in [6.45, 7) is 4.02. The van der Waals surface area contributed by atoms with Crippen LogP contribution in [0.3, 0.4) is 0 Å². The van der Waals surface area contributed by atoms with Crippen molar-refractivity contribution in [1.82, 2.24) is 20.0 Å². The number of β-amino-alcohol motifs (C(OH)–C–C–N with tert-alkyl or cyclic N) is 1. The van der Waals surface area contributed by atoms with Crippen molar-refractivity contribution >= 4 is 0 Å². The topological polar surface area (TPSA) is 65.6 Å². The van der Waals surface area contributed by atoms with Crippen LogP contribution < -0.4 is 0 Å². The summed E-state index contributed by atoms with van der Waals surface area (Å²) in [6, 6.07) is 0.354. The van der Waals surface area contributed by atoms with E-state index in [0.29, 0.717) is 30.9 Å². The quantitative estimate of drug-likeness (QED) is 0.791. The average Bonchev–Trinajstić information content (AvgIpc) is 2.74. The van der Waals surface area contributed by atoms with E-state index >= 15 is 0 Å². The molecular weight excluding hydrogens is 220 g/mol. The lowest BCUT2D eigenvalue weighted by atomic mass is 10.2. The lowest BCUT2D eigenvalue weighted by Gasteiger charge is -2.25. The van der Waals surface area contributed by atoms with Gasteiger partial charge in [0.05, 0.1) is 12.6 Å². The third-order valence-electron chi connectivity index (χ3n) is 2.99. The largest absolute Gasteiger partial charge is 0.424 e. The maximum Gasteiger partial charge on any atom is 0.230 e. The van der Waals surface area contributed by atoms with Crippen LogP contribution in [0.2, 0.25) is 0 Å². The monoisotopic (exact) mass is 240 g/mol. The summed E-state index contributed by atoms with van der Waals surface area (Å²) in [6.07, 6.45) is 0.564. The van der Waals surface area contributed by atoms with Gasteiger partial charge in [0.15, 0.2) is 0 Å². The van der Waals surface area contributed by atoms with E-state index in [-0.39, 0.29) is 6.10 Å². The van der Waals surface area contributed by atoms with Crippen molar-refractivity contribution < 1.29 is 9.52 Å². The Morgan fingerprint density at radius 2 is 2.24 bits per heavy atom. The molecule has 1 aromatic heterocycles. The first kappa shape index (κ1) is 12.5. The van der Waals surface area contributed by atoms with E-state index in [0.717, 1.165) is 13.0 Å². The molecule has 1 fully saturated rings. The zero-order chi connectivity index (χ0) is 12.4. The fourth-order valence-corrected chi connectivity index (χ4v) is 2.34. The SMILES string of the molecule is Cc1nnc(CN2CC(O)CC2CN(C)C)o1. The summed E-state index contributed by atoms with van der Waals surface area (Å²) in [5.74, 6) is 1.21. The van der Waals surface area contributed by atoms with E-state index in [1.165, 1.54) is 0 Å². The molecule has 1 aromatic rings. The van der Waals surface area contributed by atoms with Gasteiger partial charge in [0.25, 0.3) is 0 Å². The molecule has 2 heterocycles. The second-order valence-electron chi connectivity index (χ2n) is 4.95. The zero-order valence-electron chi connectivity index (χ0n) is 10.6. The van der Waals surface area contributed by atoms with E-state index in [4.69, 9.17) is 4.42 Å². The summed E-state index contributed by atoms with van der Waals surface area (Å²) in [5.41, 5.74) is 0. The lowest BCUT2D eigenvalue weighted by molar-refractivity contribution is 0.161. The number of rotatable bonds is 4. The lowest BCUT2D eigenvalue weighted by Crippen LogP contribution is -2.37. The van der Waals surface area contributed by atoms with Gasteiger partial charge in [-0.3, -0.25) is 4.90 Å². The van der Waals surface area contributed by atoms with Crippen molar-refractivity contribution in [1.29, 1.82) is 0 Å². The van der Waals surface area contributed by atoms with Gasteiger partial charge in [0.2, 0.25) is 11.8 Å². The van der Waals surface area contributed by atoms with Crippen LogP contribution in [0.15, 0.2) is 4.42 Å². The summed E-state index contributed by atoms with van der Waals surface area (Å²) in [7, 11) is 4.08. The highest BCUT2D eigenvalue weighted by Gasteiger charge is 2.32. The number of aliphatic hydroxyl groups is 1. The molecule has 6 heteroatoms. The van der Waals surface area contributed by atoms with E-state index in [1.807, 2.05) is 14.1 Å². The van der Waals surface area contributed by atoms with Gasteiger partial charge in [-0.2, -0.15) is 0 Å². The fourth-order valence-electron chi connectivity index (χ4n) is 2.34. The Balaban J connectivity index is 1.98. The van der Waals surface area contributed by atoms with Gasteiger partial charge in [-0.05, 0) is 20.5 Å². The first-order chi connectivity index (χ1) is 8.04. The molecule has 1 aliphatic heterocycles. The molecule has 1 saturated heterocycles. The fraction of sp³-hybridized carbons (Fsp3) is 0.818. The van der Waals surface area contributed by atoms with Gasteiger partial charge in [-0.15, -0.1) is 10.2 Å². The average molecular weight is 240 g/mol. The molecule has 0 bridgehead atoms. The Hall–Kier alpha value is -0.980. The van der Waals surface area contributed by atoms with Gasteiger partial charge in [0.1, 0.15) is 0 Å². The normalized spacial score (nSPS) is 25.9. The molecule has 0 saturated carbocycles. The van der Waals surface area contributed by atoms with Crippen molar-refractivity contribution in [3.05, 3.63) is 11.8 Å². The van der Waals surface area contributed by atoms with Crippen molar-refractivity contribution in [3.8, 4) is 0 Å². The van der Waals surface area contributed by atoms with Crippen molar-refractivity contribution in [2.24, 2.45) is 0 Å². The molecular formula is C11H20N4O2. The number of aromatic nitrogens is 2. The minimum Gasteiger partial charge on any atom is -0.424 e. The van der Waals surface area contributed by atoms with Crippen LogP contribution in [-0.2, 0) is 6.54 Å². The van der Waals surface area contributed by atoms with Gasteiger partial charge in [0, 0.05) is 26.1 Å². The molecule has 1 aliphatic rings. The highest BCUT2D eigenvalue weighted by atomic mass is 16.4. The molecule has 2 rings (SSSR count). The highest BCUT2D eigenvalue weighted by Crippen LogP contribution is 2.20. The Bertz CT molecular complexity index is 366. The number of likely N-dealkylation sites (tertiary alicyclic amines) is 1. The standard InChI is InChI=1S/C11H20N4O2/c1-8-12-13-11(17-8)7-15-6-10(16)4-9(15)5-14(2)3/h9-10,16H,4-7H2,1-3H3. The Labute approximate surface area is 101 Å². The molecule has 17 heavy (non-hydrogen) atoms. The van der Waals surface area contributed by atoms with E-state index in [1.54, 1.807) is 6.92 Å². The third kappa shape index (κ3) is 3.24. The maximum atomic E-state index is 9.74. The smallest absolute Gasteiger partial charge is 0.230 e. The Morgan fingerprint density at radius 3 is 2.82 bits per heavy atom. The first-order valence-electron chi connectivity index (χ1n) is 5.90. The number of aryl methyl sites for hydroxylation is 1. The zero-order valence-corrected chi connectivity index (χ0v) is 10.6. The minimum absolute atomic E-state index is 0.246. The molecule has 2 atom stereocenters. The summed E-state index contributed by atoms with van der Waals surface area (Å²) < 4.78 is 5.37. The number of hydrogen-bond acceptors (Lipinski definition) is 6. The summed E-state index contributed by atoms with van der Waals surface area (Å²) in [4.78, 5) is 4.34. The predicted molar refractivity (Wildman–Crippen MR) is 62.4 cm³/mol. The predicted octanol–water partition coefficient (Wildman–Crippen LogP) is -0.125. The van der Waals surface area contributed by atoms with Crippen LogP contribution in [-0.4, -0.2) is 64.4 Å². The van der Waals surface area contributed by atoms with Crippen LogP contribution in [0.25, 0.3) is 0 Å². The minimum atomic E-state index is -0.246. The second kappa shape index (κ2) is 5.12. The molecule has 0 spiro atoms. The van der Waals surface area contributed by atoms with Crippen molar-refractivity contribution in [3.63, 3.8) is 0 Å². The van der Waals surface area contributed by atoms with Crippen molar-refractivity contribution in [2.45, 2.75) is 32.0 Å². The van der Waals surface area contributed by atoms with Gasteiger partial charge in [-0.25, -0.2) is 0 Å². The molecule has 0 aliphatic carbocycles. The van der Waals surface area contributed by atoms with Crippen LogP contribution in [0.5, 0.6) is 0 Å². The van der Waals surface area contributed by atoms with Gasteiger partial charge >= 0.3 is 0 Å². The molecule has 6 nitrogen and oxygen atoms in total. The molecule has 2 unspecified atom stereocenters. The van der Waals surface area contributed by atoms with Crippen LogP contribution in [0.4, 0.5) is 0 Å². The van der Waals surface area contributed by atoms with Crippen molar-refractivity contribution in [2.75, 3.05) is 27.2 Å². The van der Waals surface area contributed by atoms with E-state index in [2.05, 4.69) is 20.0 Å². The molecule has 0 amide bonds. The van der Waals surface area contributed by atoms with Crippen LogP contribution in [0, 0.1) is 6.92 Å². The molecule has 96 valence electrons. The highest BCUT2D eigenvalue weighted by molar-refractivity contribution is 4.89. The second-order valence-corrected chi connectivity index (χ2v) is 4.95. The first-order valence-corrected chi connectivity index (χ1v) is 5.90. The molecule has 0 aromatic carbocycles. The number of nitrogens with zero attached hydrogens (tertiary/aromatic N) is 4. The summed E-state index contributed by atoms with van der Waals surface area (Å²) >= 11 is 0. The van der Waals surface area contributed by atoms with Gasteiger partial charge in [-0.1, -0.05) is 0 Å². The number of hydrogen-bond donors (Lipinski definition) is 1. The third-order valence-corrected chi connectivity index (χ3v) is 2.99. The van der Waals surface area contributed by atoms with E-state index < -0.39 is 0 Å². The number of likely N-dealkylation sites (N-methyl/N-ethyl adjacent to an activating group) is 1. The molecule has 1 N–H and O–H groups in total. The van der Waals surface area contributed by atoms with E-state index in [9.17, 15) is 5.11 Å². The maximum absolute atomic E-state index is 9.74. The molecule has 0 radical (unpaired) electrons. The Morgan fingerprint density at radius 1 is 1.47 bits per heavy atom. The van der Waals surface area contributed by atoms with Gasteiger partial charge < -0.3 is 14.4 Å². The number of aliphatic hydroxyl groups excluding tert-OH is 1. The van der Waals surface area contributed by atoms with Crippen LogP contribution >= 0.6 is 0 Å².